The van der Waals surface area contributed by atoms with Crippen molar-refractivity contribution in [3.8, 4) is 0 Å². The number of nitrogens with two attached hydrogens (primary N) is 1. The second-order valence-electron chi connectivity index (χ2n) is 4.13. The molecule has 1 aromatic carbocycles. The van der Waals surface area contributed by atoms with Crippen LogP contribution in [0.25, 0.3) is 0 Å². The van der Waals surface area contributed by atoms with Gasteiger partial charge in [0.1, 0.15) is 11.6 Å². The SMILES string of the molecule is CCOC(=O)c1nn(Cc2cc(F)cc(F)c2)cc1N. The molecule has 0 aliphatic carbocycles. The highest BCUT2D eigenvalue weighted by Gasteiger charge is 2.16. The highest BCUT2D eigenvalue weighted by atomic mass is 19.1. The van der Waals surface area contributed by atoms with E-state index in [0.717, 1.165) is 6.07 Å². The van der Waals surface area contributed by atoms with Crippen molar-refractivity contribution in [3.05, 3.63) is 47.3 Å². The van der Waals surface area contributed by atoms with Crippen LogP contribution in [-0.2, 0) is 11.3 Å². The predicted octanol–water partition coefficient (Wildman–Crippen LogP) is 1.97. The van der Waals surface area contributed by atoms with Crippen LogP contribution < -0.4 is 5.73 Å². The molecule has 2 N–H and O–H groups in total. The van der Waals surface area contributed by atoms with Gasteiger partial charge in [-0.3, -0.25) is 4.68 Å². The standard InChI is InChI=1S/C13H13F2N3O2/c1-2-20-13(19)12-11(16)7-18(17-12)6-8-3-9(14)5-10(15)4-8/h3-5,7H,2,6,16H2,1H3. The van der Waals surface area contributed by atoms with Gasteiger partial charge in [-0.25, -0.2) is 13.6 Å². The first-order valence-corrected chi connectivity index (χ1v) is 5.94. The maximum Gasteiger partial charge on any atom is 0.361 e. The first kappa shape index (κ1) is 14.0. The molecule has 7 heteroatoms. The average molecular weight is 281 g/mol. The van der Waals surface area contributed by atoms with Crippen molar-refractivity contribution in [2.75, 3.05) is 12.3 Å². The Kier molecular flexibility index (Phi) is 3.97. The van der Waals surface area contributed by atoms with Crippen LogP contribution in [0.5, 0.6) is 0 Å². The summed E-state index contributed by atoms with van der Waals surface area (Å²) in [5.41, 5.74) is 6.17. The Morgan fingerprint density at radius 1 is 1.35 bits per heavy atom. The Morgan fingerprint density at radius 2 is 2.00 bits per heavy atom. The van der Waals surface area contributed by atoms with Gasteiger partial charge in [-0.15, -0.1) is 0 Å². The van der Waals surface area contributed by atoms with Crippen molar-refractivity contribution < 1.29 is 18.3 Å². The Bertz CT molecular complexity index is 620. The van der Waals surface area contributed by atoms with Crippen LogP contribution in [0.15, 0.2) is 24.4 Å². The summed E-state index contributed by atoms with van der Waals surface area (Å²) in [5, 5.41) is 3.96. The molecule has 0 spiro atoms. The minimum absolute atomic E-state index is 0.0104. The smallest absolute Gasteiger partial charge is 0.361 e. The van der Waals surface area contributed by atoms with Gasteiger partial charge in [-0.1, -0.05) is 0 Å². The van der Waals surface area contributed by atoms with Crippen LogP contribution in [0.2, 0.25) is 0 Å². The zero-order valence-electron chi connectivity index (χ0n) is 10.8. The number of esters is 1. The number of benzene rings is 1. The van der Waals surface area contributed by atoms with Crippen molar-refractivity contribution in [1.82, 2.24) is 9.78 Å². The number of rotatable bonds is 4. The van der Waals surface area contributed by atoms with E-state index in [1.54, 1.807) is 6.92 Å². The maximum atomic E-state index is 13.1. The van der Waals surface area contributed by atoms with Crippen LogP contribution in [0.3, 0.4) is 0 Å². The van der Waals surface area contributed by atoms with Crippen LogP contribution in [0, 0.1) is 11.6 Å². The van der Waals surface area contributed by atoms with Gasteiger partial charge in [0.25, 0.3) is 0 Å². The summed E-state index contributed by atoms with van der Waals surface area (Å²) < 4.78 is 32.3. The Morgan fingerprint density at radius 3 is 2.60 bits per heavy atom. The van der Waals surface area contributed by atoms with Crippen LogP contribution >= 0.6 is 0 Å². The average Bonchev–Trinajstić information content (AvgIpc) is 2.69. The van der Waals surface area contributed by atoms with Gasteiger partial charge in [0.2, 0.25) is 0 Å². The number of nitrogen functional groups attached to an aromatic ring is 1. The van der Waals surface area contributed by atoms with Crippen molar-refractivity contribution >= 4 is 11.7 Å². The van der Waals surface area contributed by atoms with Gasteiger partial charge in [-0.2, -0.15) is 5.10 Å². The Hall–Kier alpha value is -2.44. The molecule has 5 nitrogen and oxygen atoms in total. The summed E-state index contributed by atoms with van der Waals surface area (Å²) in [6, 6.07) is 3.15. The monoisotopic (exact) mass is 281 g/mol. The molecular formula is C13H13F2N3O2. The second kappa shape index (κ2) is 5.68. The van der Waals surface area contributed by atoms with Gasteiger partial charge in [0.15, 0.2) is 5.69 Å². The van der Waals surface area contributed by atoms with E-state index >= 15 is 0 Å². The van der Waals surface area contributed by atoms with E-state index < -0.39 is 17.6 Å². The molecule has 20 heavy (non-hydrogen) atoms. The fourth-order valence-electron chi connectivity index (χ4n) is 1.77. The molecule has 1 heterocycles. The molecule has 0 atom stereocenters. The summed E-state index contributed by atoms with van der Waals surface area (Å²) in [6.07, 6.45) is 1.41. The van der Waals surface area contributed by atoms with Gasteiger partial charge in [-0.05, 0) is 24.6 Å². The molecule has 0 fully saturated rings. The predicted molar refractivity (Wildman–Crippen MR) is 68.1 cm³/mol. The van der Waals surface area contributed by atoms with E-state index in [4.69, 9.17) is 10.5 Å². The van der Waals surface area contributed by atoms with E-state index in [2.05, 4.69) is 5.10 Å². The third kappa shape index (κ3) is 3.11. The Labute approximate surface area is 114 Å². The highest BCUT2D eigenvalue weighted by Crippen LogP contribution is 2.14. The molecule has 1 aromatic heterocycles. The number of halogens is 2. The largest absolute Gasteiger partial charge is 0.461 e. The first-order chi connectivity index (χ1) is 9.49. The quantitative estimate of drug-likeness (QED) is 0.870. The lowest BCUT2D eigenvalue weighted by atomic mass is 10.2. The minimum Gasteiger partial charge on any atom is -0.461 e. The number of anilines is 1. The van der Waals surface area contributed by atoms with Crippen LogP contribution in [0.1, 0.15) is 23.0 Å². The Balaban J connectivity index is 2.22. The minimum atomic E-state index is -0.675. The summed E-state index contributed by atoms with van der Waals surface area (Å²) in [7, 11) is 0. The molecule has 0 amide bonds. The number of ether oxygens (including phenoxy) is 1. The molecular weight excluding hydrogens is 268 g/mol. The molecule has 106 valence electrons. The van der Waals surface area contributed by atoms with Crippen LogP contribution in [0.4, 0.5) is 14.5 Å². The van der Waals surface area contributed by atoms with Gasteiger partial charge in [0.05, 0.1) is 18.8 Å². The van der Waals surface area contributed by atoms with Crippen molar-refractivity contribution in [2.24, 2.45) is 0 Å². The molecule has 0 unspecified atom stereocenters. The highest BCUT2D eigenvalue weighted by molar-refractivity contribution is 5.92. The van der Waals surface area contributed by atoms with E-state index in [1.165, 1.54) is 23.0 Å². The molecule has 2 rings (SSSR count). The van der Waals surface area contributed by atoms with Crippen molar-refractivity contribution in [3.63, 3.8) is 0 Å². The third-order valence-corrected chi connectivity index (χ3v) is 2.53. The number of hydrogen-bond donors (Lipinski definition) is 1. The fraction of sp³-hybridized carbons (Fsp3) is 0.231. The molecule has 0 aliphatic rings. The topological polar surface area (TPSA) is 70.1 Å². The number of carbonyl (C=O) groups excluding carboxylic acids is 1. The van der Waals surface area contributed by atoms with Crippen molar-refractivity contribution in [1.29, 1.82) is 0 Å². The third-order valence-electron chi connectivity index (χ3n) is 2.53. The number of aromatic nitrogens is 2. The zero-order valence-corrected chi connectivity index (χ0v) is 10.8. The lowest BCUT2D eigenvalue weighted by Gasteiger charge is -2.02. The molecule has 2 aromatic rings. The van der Waals surface area contributed by atoms with Gasteiger partial charge >= 0.3 is 5.97 Å². The number of nitrogens with zero attached hydrogens (tertiary/aromatic N) is 2. The van der Waals surface area contributed by atoms with Gasteiger partial charge in [0, 0.05) is 12.3 Å². The van der Waals surface area contributed by atoms with E-state index in [1.807, 2.05) is 0 Å². The molecule has 0 saturated heterocycles. The lowest BCUT2D eigenvalue weighted by molar-refractivity contribution is 0.0519. The molecule has 0 saturated carbocycles. The van der Waals surface area contributed by atoms with Crippen molar-refractivity contribution in [2.45, 2.75) is 13.5 Å². The fourth-order valence-corrected chi connectivity index (χ4v) is 1.77. The first-order valence-electron chi connectivity index (χ1n) is 5.94. The van der Waals surface area contributed by atoms with E-state index in [-0.39, 0.29) is 24.5 Å². The van der Waals surface area contributed by atoms with Crippen LogP contribution in [-0.4, -0.2) is 22.4 Å². The van der Waals surface area contributed by atoms with E-state index in [9.17, 15) is 13.6 Å². The maximum absolute atomic E-state index is 13.1. The van der Waals surface area contributed by atoms with E-state index in [0.29, 0.717) is 5.56 Å². The summed E-state index contributed by atoms with van der Waals surface area (Å²) in [4.78, 5) is 11.5. The second-order valence-corrected chi connectivity index (χ2v) is 4.13. The lowest BCUT2D eigenvalue weighted by Crippen LogP contribution is -2.09. The summed E-state index contributed by atoms with van der Waals surface area (Å²) in [6.45, 7) is 1.97. The van der Waals surface area contributed by atoms with Gasteiger partial charge < -0.3 is 10.5 Å². The molecule has 0 aliphatic heterocycles. The molecule has 0 bridgehead atoms. The summed E-state index contributed by atoms with van der Waals surface area (Å²) in [5.74, 6) is -1.98. The zero-order chi connectivity index (χ0) is 14.7. The number of carbonyl (C=O) groups is 1. The normalized spacial score (nSPS) is 10.6. The number of hydrogen-bond acceptors (Lipinski definition) is 4. The summed E-state index contributed by atoms with van der Waals surface area (Å²) >= 11 is 0. The molecule has 0 radical (unpaired) electrons.